The molecule has 5 nitrogen and oxygen atoms in total. The molecule has 2 heterocycles. The number of amides is 1. The van der Waals surface area contributed by atoms with Crippen LogP contribution < -0.4 is 10.1 Å². The molecule has 1 N–H and O–H groups in total. The second-order valence-electron chi connectivity index (χ2n) is 5.18. The van der Waals surface area contributed by atoms with Crippen molar-refractivity contribution in [3.05, 3.63) is 52.3 Å². The Morgan fingerprint density at radius 1 is 1.41 bits per heavy atom. The van der Waals surface area contributed by atoms with Crippen molar-refractivity contribution >= 4 is 45.7 Å². The summed E-state index contributed by atoms with van der Waals surface area (Å²) in [6.07, 6.45) is 0. The van der Waals surface area contributed by atoms with Gasteiger partial charge in [0, 0.05) is 10.9 Å². The predicted molar refractivity (Wildman–Crippen MR) is 103 cm³/mol. The first-order valence-corrected chi connectivity index (χ1v) is 9.86. The average molecular weight is 431 g/mol. The second kappa shape index (κ2) is 8.73. The molecule has 0 spiro atoms. The number of furan rings is 1. The van der Waals surface area contributed by atoms with Gasteiger partial charge in [0.25, 0.3) is 11.7 Å². The van der Waals surface area contributed by atoms with Gasteiger partial charge in [0.1, 0.15) is 11.5 Å². The molecule has 10 heteroatoms. The number of ether oxygens (including phenoxy) is 1. The minimum Gasteiger partial charge on any atom is -0.495 e. The normalized spacial score (nSPS) is 11.0. The first-order chi connectivity index (χ1) is 13.0. The zero-order chi connectivity index (χ0) is 19.4. The summed E-state index contributed by atoms with van der Waals surface area (Å²) in [5.74, 6) is -2.11. The van der Waals surface area contributed by atoms with Crippen molar-refractivity contribution in [1.29, 1.82) is 0 Å². The third kappa shape index (κ3) is 5.00. The third-order valence-corrected chi connectivity index (χ3v) is 5.17. The van der Waals surface area contributed by atoms with Crippen molar-refractivity contribution < 1.29 is 22.7 Å². The van der Waals surface area contributed by atoms with E-state index in [-0.39, 0.29) is 11.5 Å². The Morgan fingerprint density at radius 3 is 2.93 bits per heavy atom. The van der Waals surface area contributed by atoms with Crippen LogP contribution in [0.15, 0.2) is 40.1 Å². The fourth-order valence-corrected chi connectivity index (χ4v) is 3.59. The number of alkyl halides is 2. The first kappa shape index (κ1) is 19.7. The topological polar surface area (TPSA) is 64.4 Å². The van der Waals surface area contributed by atoms with Gasteiger partial charge in [-0.1, -0.05) is 23.4 Å². The van der Waals surface area contributed by atoms with Crippen LogP contribution in [0.3, 0.4) is 0 Å². The Kier molecular flexibility index (Phi) is 6.35. The van der Waals surface area contributed by atoms with E-state index in [0.29, 0.717) is 39.1 Å². The number of carbonyl (C=O) groups excluding carboxylic acids is 1. The highest BCUT2D eigenvalue weighted by Crippen LogP contribution is 2.32. The summed E-state index contributed by atoms with van der Waals surface area (Å²) in [7, 11) is 1.53. The van der Waals surface area contributed by atoms with Crippen molar-refractivity contribution in [1.82, 2.24) is 4.98 Å². The van der Waals surface area contributed by atoms with E-state index >= 15 is 0 Å². The second-order valence-corrected chi connectivity index (χ2v) is 7.42. The lowest BCUT2D eigenvalue weighted by Gasteiger charge is -2.04. The molecule has 0 unspecified atom stereocenters. The number of carbonyl (C=O) groups is 1. The molecule has 0 saturated carbocycles. The number of methoxy groups -OCH3 is 1. The number of anilines is 1. The van der Waals surface area contributed by atoms with Crippen molar-refractivity contribution in [2.75, 3.05) is 12.4 Å². The van der Waals surface area contributed by atoms with E-state index in [0.717, 1.165) is 5.56 Å². The summed E-state index contributed by atoms with van der Waals surface area (Å²) in [5.41, 5.74) is 1.43. The quantitative estimate of drug-likeness (QED) is 0.515. The lowest BCUT2D eigenvalue weighted by atomic mass is 10.2. The number of thiazole rings is 1. The number of nitrogens with one attached hydrogen (secondary N) is 1. The Bertz CT molecular complexity index is 946. The molecule has 0 aliphatic heterocycles. The highest BCUT2D eigenvalue weighted by Gasteiger charge is 2.15. The van der Waals surface area contributed by atoms with Crippen LogP contribution in [0.4, 0.5) is 13.9 Å². The minimum atomic E-state index is -2.49. The maximum atomic E-state index is 12.2. The standard InChI is InChI=1S/C17H13ClF2N2O3S2/c1-24-13-4-2-9(6-11(13)18)12-8-27-17(21-12)22-15(23)14-5-3-10(25-14)7-26-16(19)20/h2-6,8,16H,7H2,1H3,(H,21,22,23). The number of halogens is 3. The summed E-state index contributed by atoms with van der Waals surface area (Å²) >= 11 is 7.79. The Balaban J connectivity index is 1.67. The van der Waals surface area contributed by atoms with Crippen molar-refractivity contribution in [3.8, 4) is 17.0 Å². The van der Waals surface area contributed by atoms with E-state index in [4.69, 9.17) is 20.8 Å². The van der Waals surface area contributed by atoms with Gasteiger partial charge in [-0.3, -0.25) is 10.1 Å². The van der Waals surface area contributed by atoms with Gasteiger partial charge in [0.05, 0.1) is 23.6 Å². The van der Waals surface area contributed by atoms with Gasteiger partial charge in [0.15, 0.2) is 10.9 Å². The van der Waals surface area contributed by atoms with Crippen LogP contribution >= 0.6 is 34.7 Å². The number of nitrogens with zero attached hydrogens (tertiary/aromatic N) is 1. The van der Waals surface area contributed by atoms with Crippen molar-refractivity contribution in [2.24, 2.45) is 0 Å². The molecular formula is C17H13ClF2N2O3S2. The monoisotopic (exact) mass is 430 g/mol. The largest absolute Gasteiger partial charge is 0.495 e. The van der Waals surface area contributed by atoms with E-state index < -0.39 is 11.7 Å². The van der Waals surface area contributed by atoms with E-state index in [9.17, 15) is 13.6 Å². The van der Waals surface area contributed by atoms with Crippen LogP contribution in [0.1, 0.15) is 16.3 Å². The number of hydrogen-bond donors (Lipinski definition) is 1. The molecular weight excluding hydrogens is 418 g/mol. The number of rotatable bonds is 7. The van der Waals surface area contributed by atoms with Gasteiger partial charge < -0.3 is 9.15 Å². The highest BCUT2D eigenvalue weighted by atomic mass is 35.5. The van der Waals surface area contributed by atoms with Crippen LogP contribution in [0.2, 0.25) is 5.02 Å². The lowest BCUT2D eigenvalue weighted by Crippen LogP contribution is -2.10. The van der Waals surface area contributed by atoms with Crippen LogP contribution in [-0.2, 0) is 5.75 Å². The molecule has 0 bridgehead atoms. The smallest absolute Gasteiger partial charge is 0.293 e. The van der Waals surface area contributed by atoms with Crippen LogP contribution in [0.25, 0.3) is 11.3 Å². The molecule has 0 aliphatic carbocycles. The SMILES string of the molecule is COc1ccc(-c2csc(NC(=O)c3ccc(CSC(F)F)o3)n2)cc1Cl. The highest BCUT2D eigenvalue weighted by molar-refractivity contribution is 7.98. The Labute approximate surface area is 166 Å². The number of thioether (sulfide) groups is 1. The molecule has 1 aromatic carbocycles. The van der Waals surface area contributed by atoms with Gasteiger partial charge in [-0.2, -0.15) is 8.78 Å². The Morgan fingerprint density at radius 2 is 2.22 bits per heavy atom. The molecule has 0 saturated heterocycles. The molecule has 27 heavy (non-hydrogen) atoms. The molecule has 142 valence electrons. The van der Waals surface area contributed by atoms with Crippen molar-refractivity contribution in [2.45, 2.75) is 11.5 Å². The van der Waals surface area contributed by atoms with Gasteiger partial charge in [0.2, 0.25) is 0 Å². The number of hydrogen-bond acceptors (Lipinski definition) is 6. The molecule has 3 rings (SSSR count). The fraction of sp³-hybridized carbons (Fsp3) is 0.176. The van der Waals surface area contributed by atoms with Gasteiger partial charge in [-0.25, -0.2) is 4.98 Å². The molecule has 0 aliphatic rings. The average Bonchev–Trinajstić information content (AvgIpc) is 3.29. The van der Waals surface area contributed by atoms with Gasteiger partial charge >= 0.3 is 0 Å². The zero-order valence-corrected chi connectivity index (χ0v) is 16.3. The van der Waals surface area contributed by atoms with Crippen LogP contribution in [0, 0.1) is 0 Å². The summed E-state index contributed by atoms with van der Waals surface area (Å²) in [6.45, 7) is 0. The van der Waals surface area contributed by atoms with E-state index in [1.807, 2.05) is 6.07 Å². The van der Waals surface area contributed by atoms with Crippen LogP contribution in [0.5, 0.6) is 5.75 Å². The maximum Gasteiger partial charge on any atom is 0.293 e. The first-order valence-electron chi connectivity index (χ1n) is 7.55. The maximum absolute atomic E-state index is 12.2. The Hall–Kier alpha value is -2.10. The summed E-state index contributed by atoms with van der Waals surface area (Å²) < 4.78 is 34.8. The molecule has 0 atom stereocenters. The molecule has 0 fully saturated rings. The predicted octanol–water partition coefficient (Wildman–Crippen LogP) is 5.77. The third-order valence-electron chi connectivity index (χ3n) is 3.41. The van der Waals surface area contributed by atoms with Gasteiger partial charge in [-0.05, 0) is 30.3 Å². The fourth-order valence-electron chi connectivity index (χ4n) is 2.17. The molecule has 0 radical (unpaired) electrons. The van der Waals surface area contributed by atoms with E-state index in [2.05, 4.69) is 10.3 Å². The molecule has 2 aromatic heterocycles. The lowest BCUT2D eigenvalue weighted by molar-refractivity contribution is 0.0995. The van der Waals surface area contributed by atoms with E-state index in [1.165, 1.54) is 30.6 Å². The van der Waals surface area contributed by atoms with Crippen molar-refractivity contribution in [3.63, 3.8) is 0 Å². The van der Waals surface area contributed by atoms with Crippen LogP contribution in [-0.4, -0.2) is 23.8 Å². The number of benzene rings is 1. The minimum absolute atomic E-state index is 0.00935. The van der Waals surface area contributed by atoms with E-state index in [1.54, 1.807) is 17.5 Å². The van der Waals surface area contributed by atoms with Gasteiger partial charge in [-0.15, -0.1) is 11.3 Å². The summed E-state index contributed by atoms with van der Waals surface area (Å²) in [5, 5.41) is 5.24. The number of aromatic nitrogens is 1. The zero-order valence-electron chi connectivity index (χ0n) is 13.9. The summed E-state index contributed by atoms with van der Waals surface area (Å²) in [6, 6.07) is 8.20. The molecule has 3 aromatic rings. The summed E-state index contributed by atoms with van der Waals surface area (Å²) in [4.78, 5) is 16.6. The molecule has 1 amide bonds.